The van der Waals surface area contributed by atoms with Crippen molar-refractivity contribution in [2.24, 2.45) is 4.40 Å². The summed E-state index contributed by atoms with van der Waals surface area (Å²) in [5, 5.41) is 2.74. The first kappa shape index (κ1) is 22.0. The van der Waals surface area contributed by atoms with Crippen molar-refractivity contribution in [3.63, 3.8) is 0 Å². The standard InChI is InChI=1S/C21H24N4O6S/c1-15(20(26)22-17-3-5-18(6-4-17)24-8-11-30-12-9-24)31-21(27)16-2-7-19-23-32(28,29)13-10-25(19)14-16/h2-7,14-15H,8-13H2,1H3,(H,22,26)/t15-/m1/s1. The number of sulfonamides is 1. The molecule has 1 saturated heterocycles. The van der Waals surface area contributed by atoms with Gasteiger partial charge in [-0.25, -0.2) is 13.2 Å². The van der Waals surface area contributed by atoms with Gasteiger partial charge in [-0.1, -0.05) is 0 Å². The largest absolute Gasteiger partial charge is 0.449 e. The molecule has 0 aromatic heterocycles. The van der Waals surface area contributed by atoms with Gasteiger partial charge in [0.2, 0.25) is 0 Å². The fourth-order valence-electron chi connectivity index (χ4n) is 3.42. The first-order valence-corrected chi connectivity index (χ1v) is 11.9. The van der Waals surface area contributed by atoms with Gasteiger partial charge >= 0.3 is 5.97 Å². The Morgan fingerprint density at radius 1 is 1.12 bits per heavy atom. The highest BCUT2D eigenvalue weighted by Gasteiger charge is 2.27. The summed E-state index contributed by atoms with van der Waals surface area (Å²) < 4.78 is 37.5. The maximum atomic E-state index is 12.5. The zero-order valence-corrected chi connectivity index (χ0v) is 18.4. The second-order valence-electron chi connectivity index (χ2n) is 7.53. The van der Waals surface area contributed by atoms with Crippen LogP contribution in [-0.2, 0) is 29.1 Å². The maximum Gasteiger partial charge on any atom is 0.340 e. The number of amidine groups is 1. The number of carbonyl (C=O) groups excluding carboxylic acids is 2. The lowest BCUT2D eigenvalue weighted by molar-refractivity contribution is -0.149. The van der Waals surface area contributed by atoms with Crippen molar-refractivity contribution < 1.29 is 27.5 Å². The number of esters is 1. The third-order valence-corrected chi connectivity index (χ3v) is 6.39. The maximum absolute atomic E-state index is 12.5. The van der Waals surface area contributed by atoms with Crippen molar-refractivity contribution in [2.75, 3.05) is 48.8 Å². The molecule has 11 heteroatoms. The molecule has 1 fully saturated rings. The molecule has 0 saturated carbocycles. The third-order valence-electron chi connectivity index (χ3n) is 5.22. The van der Waals surface area contributed by atoms with Crippen LogP contribution in [0.1, 0.15) is 6.92 Å². The van der Waals surface area contributed by atoms with E-state index in [-0.39, 0.29) is 23.7 Å². The van der Waals surface area contributed by atoms with Crippen molar-refractivity contribution in [3.05, 3.63) is 48.2 Å². The fourth-order valence-corrected chi connectivity index (χ4v) is 4.39. The monoisotopic (exact) mass is 460 g/mol. The third kappa shape index (κ3) is 5.17. The van der Waals surface area contributed by atoms with E-state index in [0.29, 0.717) is 18.9 Å². The molecule has 0 bridgehead atoms. The molecule has 3 heterocycles. The lowest BCUT2D eigenvalue weighted by Crippen LogP contribution is -2.37. The molecule has 0 radical (unpaired) electrons. The summed E-state index contributed by atoms with van der Waals surface area (Å²) in [6.07, 6.45) is 3.32. The number of nitrogens with one attached hydrogen (secondary N) is 1. The Morgan fingerprint density at radius 2 is 1.84 bits per heavy atom. The molecule has 0 spiro atoms. The van der Waals surface area contributed by atoms with Gasteiger partial charge in [-0.2, -0.15) is 0 Å². The minimum absolute atomic E-state index is 0.133. The lowest BCUT2D eigenvalue weighted by atomic mass is 10.2. The van der Waals surface area contributed by atoms with Crippen LogP contribution in [0, 0.1) is 0 Å². The zero-order chi connectivity index (χ0) is 22.7. The smallest absolute Gasteiger partial charge is 0.340 e. The Kier molecular flexibility index (Phi) is 6.28. The normalized spacial score (nSPS) is 20.5. The molecule has 1 aromatic carbocycles. The summed E-state index contributed by atoms with van der Waals surface area (Å²) in [7, 11) is -3.47. The number of rotatable bonds is 5. The molecular formula is C21H24N4O6S. The molecule has 170 valence electrons. The molecule has 4 rings (SSSR count). The molecular weight excluding hydrogens is 436 g/mol. The average molecular weight is 461 g/mol. The summed E-state index contributed by atoms with van der Waals surface area (Å²) >= 11 is 0. The Hall–Kier alpha value is -3.18. The molecule has 1 atom stereocenters. The first-order valence-electron chi connectivity index (χ1n) is 10.2. The molecule has 1 N–H and O–H groups in total. The number of benzene rings is 1. The summed E-state index contributed by atoms with van der Waals surface area (Å²) in [5.74, 6) is -1.02. The Labute approximate surface area is 186 Å². The van der Waals surface area contributed by atoms with E-state index < -0.39 is 28.0 Å². The number of hydrogen-bond donors (Lipinski definition) is 1. The topological polar surface area (TPSA) is 118 Å². The van der Waals surface area contributed by atoms with E-state index in [4.69, 9.17) is 9.47 Å². The van der Waals surface area contributed by atoms with Crippen molar-refractivity contribution >= 4 is 39.1 Å². The molecule has 3 aliphatic heterocycles. The van der Waals surface area contributed by atoms with E-state index in [1.165, 1.54) is 25.3 Å². The molecule has 0 aliphatic carbocycles. The summed E-state index contributed by atoms with van der Waals surface area (Å²) in [6.45, 7) is 4.71. The van der Waals surface area contributed by atoms with Gasteiger partial charge in [-0.3, -0.25) is 4.79 Å². The second-order valence-corrected chi connectivity index (χ2v) is 9.28. The van der Waals surface area contributed by atoms with Gasteiger partial charge < -0.3 is 24.6 Å². The van der Waals surface area contributed by atoms with Gasteiger partial charge in [-0.15, -0.1) is 4.40 Å². The molecule has 1 amide bonds. The van der Waals surface area contributed by atoms with Crippen molar-refractivity contribution in [2.45, 2.75) is 13.0 Å². The Balaban J connectivity index is 1.32. The van der Waals surface area contributed by atoms with Crippen LogP contribution in [0.4, 0.5) is 11.4 Å². The second kappa shape index (κ2) is 9.13. The predicted octanol–water partition coefficient (Wildman–Crippen LogP) is 0.891. The number of carbonyl (C=O) groups is 2. The van der Waals surface area contributed by atoms with Crippen LogP contribution in [0.15, 0.2) is 52.6 Å². The fraction of sp³-hybridized carbons (Fsp3) is 0.381. The lowest BCUT2D eigenvalue weighted by Gasteiger charge is -2.29. The quantitative estimate of drug-likeness (QED) is 0.644. The van der Waals surface area contributed by atoms with Crippen LogP contribution in [0.3, 0.4) is 0 Å². The van der Waals surface area contributed by atoms with Gasteiger partial charge in [-0.05, 0) is 43.3 Å². The molecule has 1 aromatic rings. The SMILES string of the molecule is C[C@@H](OC(=O)C1=CN2CCS(=O)(=O)N=C2C=C1)C(=O)Nc1ccc(N2CCOCC2)cc1. The summed E-state index contributed by atoms with van der Waals surface area (Å²) in [4.78, 5) is 28.7. The van der Waals surface area contributed by atoms with E-state index in [9.17, 15) is 18.0 Å². The summed E-state index contributed by atoms with van der Waals surface area (Å²) in [5.41, 5.74) is 1.86. The Morgan fingerprint density at radius 3 is 2.56 bits per heavy atom. The number of fused-ring (bicyclic) bond motifs is 1. The van der Waals surface area contributed by atoms with Crippen LogP contribution in [0.2, 0.25) is 0 Å². The van der Waals surface area contributed by atoms with E-state index >= 15 is 0 Å². The number of ether oxygens (including phenoxy) is 2. The predicted molar refractivity (Wildman–Crippen MR) is 119 cm³/mol. The van der Waals surface area contributed by atoms with Gasteiger partial charge in [0.05, 0.1) is 24.5 Å². The molecule has 3 aliphatic rings. The highest BCUT2D eigenvalue weighted by Crippen LogP contribution is 2.20. The number of anilines is 2. The van der Waals surface area contributed by atoms with Crippen molar-refractivity contribution in [3.8, 4) is 0 Å². The van der Waals surface area contributed by atoms with E-state index in [0.717, 1.165) is 18.8 Å². The highest BCUT2D eigenvalue weighted by atomic mass is 32.2. The molecule has 32 heavy (non-hydrogen) atoms. The van der Waals surface area contributed by atoms with E-state index in [1.54, 1.807) is 17.0 Å². The zero-order valence-electron chi connectivity index (χ0n) is 17.6. The minimum atomic E-state index is -3.47. The van der Waals surface area contributed by atoms with Crippen molar-refractivity contribution in [1.29, 1.82) is 0 Å². The van der Waals surface area contributed by atoms with Crippen LogP contribution in [0.5, 0.6) is 0 Å². The van der Waals surface area contributed by atoms with Crippen LogP contribution >= 0.6 is 0 Å². The van der Waals surface area contributed by atoms with Gasteiger partial charge in [0.1, 0.15) is 5.84 Å². The molecule has 0 unspecified atom stereocenters. The van der Waals surface area contributed by atoms with Gasteiger partial charge in [0, 0.05) is 37.2 Å². The summed E-state index contributed by atoms with van der Waals surface area (Å²) in [6, 6.07) is 7.45. The first-order chi connectivity index (χ1) is 15.3. The number of hydrogen-bond acceptors (Lipinski definition) is 8. The van der Waals surface area contributed by atoms with Crippen LogP contribution < -0.4 is 10.2 Å². The molecule has 10 nitrogen and oxygen atoms in total. The highest BCUT2D eigenvalue weighted by molar-refractivity contribution is 7.90. The van der Waals surface area contributed by atoms with Crippen LogP contribution in [-0.4, -0.2) is 75.7 Å². The van der Waals surface area contributed by atoms with E-state index in [2.05, 4.69) is 14.6 Å². The number of amides is 1. The number of nitrogens with zero attached hydrogens (tertiary/aromatic N) is 3. The van der Waals surface area contributed by atoms with Gasteiger partial charge in [0.15, 0.2) is 6.10 Å². The number of morpholine rings is 1. The Bertz CT molecular complexity index is 1090. The van der Waals surface area contributed by atoms with Crippen molar-refractivity contribution in [1.82, 2.24) is 4.90 Å². The van der Waals surface area contributed by atoms with Crippen LogP contribution in [0.25, 0.3) is 0 Å². The van der Waals surface area contributed by atoms with E-state index in [1.807, 2.05) is 12.1 Å². The minimum Gasteiger partial charge on any atom is -0.449 e. The average Bonchev–Trinajstić information content (AvgIpc) is 2.79. The van der Waals surface area contributed by atoms with Gasteiger partial charge in [0.25, 0.3) is 15.9 Å².